The molecule has 1 aromatic rings. The highest BCUT2D eigenvalue weighted by molar-refractivity contribution is 6.01. The van der Waals surface area contributed by atoms with Gasteiger partial charge < -0.3 is 25.0 Å². The van der Waals surface area contributed by atoms with Gasteiger partial charge in [-0.1, -0.05) is 5.10 Å². The van der Waals surface area contributed by atoms with Gasteiger partial charge in [-0.2, -0.15) is 0 Å². The molecule has 0 spiro atoms. The number of imide groups is 1. The molecule has 3 amide bonds. The molecule has 2 rings (SSSR count). The Hall–Kier alpha value is -3.35. The molecule has 1 aliphatic rings. The SMILES string of the molecule is O=C(CCOCCNC(=O)c1cc([N+](=O)[O-])[nH]n1)ON1C(=O)CCC1=O. The molecule has 1 aliphatic heterocycles. The van der Waals surface area contributed by atoms with Gasteiger partial charge >= 0.3 is 11.8 Å². The van der Waals surface area contributed by atoms with E-state index in [1.54, 1.807) is 0 Å². The third-order valence-corrected chi connectivity index (χ3v) is 3.18. The summed E-state index contributed by atoms with van der Waals surface area (Å²) in [5, 5.41) is 18.9. The first kappa shape index (κ1) is 19.0. The maximum Gasteiger partial charge on any atom is 0.343 e. The third kappa shape index (κ3) is 5.07. The highest BCUT2D eigenvalue weighted by Gasteiger charge is 2.32. The van der Waals surface area contributed by atoms with Crippen LogP contribution in [0.2, 0.25) is 0 Å². The molecule has 0 aliphatic carbocycles. The van der Waals surface area contributed by atoms with Crippen molar-refractivity contribution in [1.29, 1.82) is 0 Å². The van der Waals surface area contributed by atoms with Crippen LogP contribution in [0.25, 0.3) is 0 Å². The van der Waals surface area contributed by atoms with E-state index >= 15 is 0 Å². The van der Waals surface area contributed by atoms with Gasteiger partial charge in [0, 0.05) is 19.4 Å². The molecule has 13 heteroatoms. The van der Waals surface area contributed by atoms with Gasteiger partial charge in [-0.15, -0.1) is 10.2 Å². The minimum absolute atomic E-state index is 0.0153. The van der Waals surface area contributed by atoms with Gasteiger partial charge in [0.2, 0.25) is 0 Å². The third-order valence-electron chi connectivity index (χ3n) is 3.18. The molecular formula is C13H15N5O8. The number of carbonyl (C=O) groups excluding carboxylic acids is 4. The van der Waals surface area contributed by atoms with Crippen molar-refractivity contribution in [3.63, 3.8) is 0 Å². The fourth-order valence-corrected chi connectivity index (χ4v) is 1.91. The molecule has 0 atom stereocenters. The molecule has 2 N–H and O–H groups in total. The van der Waals surface area contributed by atoms with Crippen molar-refractivity contribution >= 4 is 29.5 Å². The van der Waals surface area contributed by atoms with Gasteiger partial charge in [-0.3, -0.25) is 14.4 Å². The minimum Gasteiger partial charge on any atom is -0.379 e. The van der Waals surface area contributed by atoms with Gasteiger partial charge in [-0.05, 0) is 4.92 Å². The van der Waals surface area contributed by atoms with E-state index in [-0.39, 0.29) is 44.7 Å². The lowest BCUT2D eigenvalue weighted by Crippen LogP contribution is -2.32. The Balaban J connectivity index is 1.58. The van der Waals surface area contributed by atoms with E-state index in [2.05, 4.69) is 20.4 Å². The van der Waals surface area contributed by atoms with Crippen LogP contribution >= 0.6 is 0 Å². The van der Waals surface area contributed by atoms with Crippen LogP contribution in [0.15, 0.2) is 6.07 Å². The Kier molecular flexibility index (Phi) is 6.32. The van der Waals surface area contributed by atoms with Crippen LogP contribution in [-0.2, 0) is 24.0 Å². The highest BCUT2D eigenvalue weighted by Crippen LogP contribution is 2.12. The lowest BCUT2D eigenvalue weighted by molar-refractivity contribution is -0.389. The normalized spacial score (nSPS) is 13.8. The molecule has 13 nitrogen and oxygen atoms in total. The van der Waals surface area contributed by atoms with Crippen molar-refractivity contribution in [2.45, 2.75) is 19.3 Å². The molecule has 2 heterocycles. The number of aromatic amines is 1. The topological polar surface area (TPSA) is 174 Å². The number of carbonyl (C=O) groups is 4. The number of H-pyrrole nitrogens is 1. The van der Waals surface area contributed by atoms with Crippen LogP contribution in [0.3, 0.4) is 0 Å². The predicted molar refractivity (Wildman–Crippen MR) is 80.2 cm³/mol. The number of nitrogens with zero attached hydrogens (tertiary/aromatic N) is 3. The van der Waals surface area contributed by atoms with E-state index in [1.807, 2.05) is 0 Å². The summed E-state index contributed by atoms with van der Waals surface area (Å²) in [7, 11) is 0. The number of hydroxylamine groups is 2. The summed E-state index contributed by atoms with van der Waals surface area (Å²) in [6, 6.07) is 0.993. The molecular weight excluding hydrogens is 354 g/mol. The molecule has 1 aromatic heterocycles. The summed E-state index contributed by atoms with van der Waals surface area (Å²) in [5.74, 6) is -2.94. The Morgan fingerprint density at radius 2 is 2.00 bits per heavy atom. The van der Waals surface area contributed by atoms with Crippen molar-refractivity contribution < 1.29 is 33.7 Å². The van der Waals surface area contributed by atoms with Gasteiger partial charge in [-0.25, -0.2) is 4.79 Å². The zero-order valence-corrected chi connectivity index (χ0v) is 13.4. The summed E-state index contributed by atoms with van der Waals surface area (Å²) in [5.41, 5.74) is -0.139. The second kappa shape index (κ2) is 8.66. The minimum atomic E-state index is -0.790. The number of rotatable bonds is 9. The van der Waals surface area contributed by atoms with Gasteiger partial charge in [0.1, 0.15) is 0 Å². The fourth-order valence-electron chi connectivity index (χ4n) is 1.91. The maximum absolute atomic E-state index is 11.7. The number of nitro groups is 1. The molecule has 0 saturated carbocycles. The van der Waals surface area contributed by atoms with E-state index in [0.29, 0.717) is 5.06 Å². The van der Waals surface area contributed by atoms with Crippen molar-refractivity contribution in [3.8, 4) is 0 Å². The lowest BCUT2D eigenvalue weighted by atomic mass is 10.4. The largest absolute Gasteiger partial charge is 0.379 e. The molecule has 140 valence electrons. The Bertz CT molecular complexity index is 714. The van der Waals surface area contributed by atoms with E-state index in [1.165, 1.54) is 0 Å². The van der Waals surface area contributed by atoms with Gasteiger partial charge in [0.15, 0.2) is 5.69 Å². The summed E-state index contributed by atoms with van der Waals surface area (Å²) < 4.78 is 5.11. The highest BCUT2D eigenvalue weighted by atomic mass is 16.7. The first-order valence-corrected chi connectivity index (χ1v) is 7.51. The molecule has 1 saturated heterocycles. The molecule has 1 fully saturated rings. The van der Waals surface area contributed by atoms with Gasteiger partial charge in [0.05, 0.1) is 25.7 Å². The van der Waals surface area contributed by atoms with Crippen LogP contribution < -0.4 is 5.32 Å². The van der Waals surface area contributed by atoms with Crippen molar-refractivity contribution in [2.75, 3.05) is 19.8 Å². The van der Waals surface area contributed by atoms with E-state index < -0.39 is 34.4 Å². The van der Waals surface area contributed by atoms with Crippen molar-refractivity contribution in [3.05, 3.63) is 21.9 Å². The van der Waals surface area contributed by atoms with Crippen molar-refractivity contribution in [1.82, 2.24) is 20.6 Å². The number of ether oxygens (including phenoxy) is 1. The molecule has 0 radical (unpaired) electrons. The smallest absolute Gasteiger partial charge is 0.343 e. The van der Waals surface area contributed by atoms with Crippen LogP contribution in [-0.4, -0.2) is 63.6 Å². The van der Waals surface area contributed by atoms with E-state index in [0.717, 1.165) is 6.07 Å². The summed E-state index contributed by atoms with van der Waals surface area (Å²) >= 11 is 0. The first-order chi connectivity index (χ1) is 12.4. The van der Waals surface area contributed by atoms with Crippen LogP contribution in [0.1, 0.15) is 29.8 Å². The number of nitrogens with one attached hydrogen (secondary N) is 2. The Morgan fingerprint density at radius 1 is 1.31 bits per heavy atom. The number of amides is 3. The predicted octanol–water partition coefficient (Wildman–Crippen LogP) is -0.938. The lowest BCUT2D eigenvalue weighted by Gasteiger charge is -2.12. The second-order valence-electron chi connectivity index (χ2n) is 5.06. The molecule has 0 bridgehead atoms. The van der Waals surface area contributed by atoms with Gasteiger partial charge in [0.25, 0.3) is 17.7 Å². The quantitative estimate of drug-likeness (QED) is 0.241. The van der Waals surface area contributed by atoms with Crippen LogP contribution in [0.4, 0.5) is 5.82 Å². The zero-order chi connectivity index (χ0) is 19.1. The second-order valence-corrected chi connectivity index (χ2v) is 5.06. The van der Waals surface area contributed by atoms with Crippen LogP contribution in [0, 0.1) is 10.1 Å². The number of aromatic nitrogens is 2. The monoisotopic (exact) mass is 369 g/mol. The Labute approximate surface area is 145 Å². The number of hydrogen-bond donors (Lipinski definition) is 2. The van der Waals surface area contributed by atoms with E-state index in [4.69, 9.17) is 4.74 Å². The summed E-state index contributed by atoms with van der Waals surface area (Å²) in [4.78, 5) is 60.1. The number of hydrogen-bond acceptors (Lipinski definition) is 9. The fraction of sp³-hybridized carbons (Fsp3) is 0.462. The van der Waals surface area contributed by atoms with Crippen LogP contribution in [0.5, 0.6) is 0 Å². The summed E-state index contributed by atoms with van der Waals surface area (Å²) in [6.07, 6.45) is -0.153. The molecule has 0 aromatic carbocycles. The summed E-state index contributed by atoms with van der Waals surface area (Å²) in [6.45, 7) is 0.101. The first-order valence-electron chi connectivity index (χ1n) is 7.51. The maximum atomic E-state index is 11.7. The average molecular weight is 369 g/mol. The molecule has 0 unspecified atom stereocenters. The average Bonchev–Trinajstić information content (AvgIpc) is 3.20. The van der Waals surface area contributed by atoms with E-state index in [9.17, 15) is 29.3 Å². The zero-order valence-electron chi connectivity index (χ0n) is 13.4. The standard InChI is InChI=1S/C13H15N5O8/c19-10-1-2-11(20)17(10)26-12(21)3-5-25-6-4-14-13(22)8-7-9(16-15-8)18(23)24/h7H,1-6H2,(H,14,22)(H,15,16). The molecule has 26 heavy (non-hydrogen) atoms. The van der Waals surface area contributed by atoms with Crippen molar-refractivity contribution in [2.24, 2.45) is 0 Å². The Morgan fingerprint density at radius 3 is 2.62 bits per heavy atom.